The van der Waals surface area contributed by atoms with Gasteiger partial charge < -0.3 is 11.1 Å². The van der Waals surface area contributed by atoms with Crippen molar-refractivity contribution in [1.29, 1.82) is 0 Å². The number of amides is 1. The van der Waals surface area contributed by atoms with Crippen molar-refractivity contribution in [2.45, 2.75) is 6.92 Å². The number of carbonyl (C=O) groups is 1. The molecule has 1 amide bonds. The Morgan fingerprint density at radius 1 is 1.10 bits per heavy atom. The molecule has 0 atom stereocenters. The highest BCUT2D eigenvalue weighted by atomic mass is 19.2. The molecule has 0 spiro atoms. The lowest BCUT2D eigenvalue weighted by Crippen LogP contribution is -2.15. The molecule has 0 saturated heterocycles. The number of nitrogens with one attached hydrogen (secondary N) is 1. The molecule has 0 aliphatic rings. The summed E-state index contributed by atoms with van der Waals surface area (Å²) in [5, 5.41) is 2.28. The summed E-state index contributed by atoms with van der Waals surface area (Å²) in [7, 11) is 0. The Kier molecular flexibility index (Phi) is 3.65. The Morgan fingerprint density at radius 2 is 1.80 bits per heavy atom. The second kappa shape index (κ2) is 5.24. The van der Waals surface area contributed by atoms with Gasteiger partial charge in [-0.1, -0.05) is 0 Å². The fraction of sp³-hybridized carbons (Fsp3) is 0.0714. The Labute approximate surface area is 113 Å². The predicted octanol–water partition coefficient (Wildman–Crippen LogP) is 3.25. The van der Waals surface area contributed by atoms with Crippen molar-refractivity contribution < 1.29 is 18.0 Å². The van der Waals surface area contributed by atoms with Gasteiger partial charge in [-0.25, -0.2) is 13.2 Å². The Balaban J connectivity index is 2.30. The Morgan fingerprint density at radius 3 is 2.45 bits per heavy atom. The Hall–Kier alpha value is -2.50. The summed E-state index contributed by atoms with van der Waals surface area (Å²) < 4.78 is 39.6. The van der Waals surface area contributed by atoms with Gasteiger partial charge in [0.2, 0.25) is 0 Å². The first-order chi connectivity index (χ1) is 9.38. The minimum atomic E-state index is -1.10. The molecule has 3 nitrogen and oxygen atoms in total. The fourth-order valence-electron chi connectivity index (χ4n) is 1.74. The van der Waals surface area contributed by atoms with Crippen LogP contribution in [-0.4, -0.2) is 5.91 Å². The van der Waals surface area contributed by atoms with Gasteiger partial charge in [-0.15, -0.1) is 0 Å². The molecule has 20 heavy (non-hydrogen) atoms. The van der Waals surface area contributed by atoms with Gasteiger partial charge in [0, 0.05) is 17.4 Å². The summed E-state index contributed by atoms with van der Waals surface area (Å²) in [6, 6.07) is 5.42. The van der Waals surface area contributed by atoms with E-state index in [1.165, 1.54) is 25.1 Å². The van der Waals surface area contributed by atoms with Crippen LogP contribution in [0.1, 0.15) is 15.9 Å². The highest BCUT2D eigenvalue weighted by molar-refractivity contribution is 6.05. The number of nitrogen functional groups attached to an aromatic ring is 1. The lowest BCUT2D eigenvalue weighted by atomic mass is 10.1. The van der Waals surface area contributed by atoms with Crippen LogP contribution in [0, 0.1) is 24.4 Å². The van der Waals surface area contributed by atoms with Crippen molar-refractivity contribution in [2.75, 3.05) is 11.1 Å². The third-order valence-electron chi connectivity index (χ3n) is 2.70. The first-order valence-electron chi connectivity index (χ1n) is 5.70. The van der Waals surface area contributed by atoms with E-state index >= 15 is 0 Å². The van der Waals surface area contributed by atoms with Crippen LogP contribution in [0.4, 0.5) is 24.5 Å². The van der Waals surface area contributed by atoms with Crippen LogP contribution in [-0.2, 0) is 0 Å². The summed E-state index contributed by atoms with van der Waals surface area (Å²) in [5.41, 5.74) is 5.77. The summed E-state index contributed by atoms with van der Waals surface area (Å²) in [5.74, 6) is -3.64. The second-order valence-corrected chi connectivity index (χ2v) is 4.28. The zero-order valence-corrected chi connectivity index (χ0v) is 10.5. The number of benzene rings is 2. The lowest BCUT2D eigenvalue weighted by Gasteiger charge is -2.09. The molecule has 0 unspecified atom stereocenters. The SMILES string of the molecule is Cc1cc(N)cc(C(=O)Nc2ccc(F)c(F)c2)c1F. The minimum Gasteiger partial charge on any atom is -0.399 e. The van der Waals surface area contributed by atoms with Crippen LogP contribution in [0.2, 0.25) is 0 Å². The number of carbonyl (C=O) groups excluding carboxylic acids is 1. The maximum atomic E-state index is 13.8. The quantitative estimate of drug-likeness (QED) is 0.830. The fourth-order valence-corrected chi connectivity index (χ4v) is 1.74. The average Bonchev–Trinajstić information content (AvgIpc) is 2.38. The molecule has 0 heterocycles. The first-order valence-corrected chi connectivity index (χ1v) is 5.70. The lowest BCUT2D eigenvalue weighted by molar-refractivity contribution is 0.102. The highest BCUT2D eigenvalue weighted by Gasteiger charge is 2.15. The van der Waals surface area contributed by atoms with E-state index in [1.54, 1.807) is 0 Å². The molecule has 0 aliphatic carbocycles. The number of rotatable bonds is 2. The van der Waals surface area contributed by atoms with Gasteiger partial charge in [0.15, 0.2) is 11.6 Å². The molecule has 2 aromatic carbocycles. The van der Waals surface area contributed by atoms with Crippen LogP contribution in [0.3, 0.4) is 0 Å². The van der Waals surface area contributed by atoms with Crippen LogP contribution in [0.25, 0.3) is 0 Å². The molecule has 2 aromatic rings. The summed E-state index contributed by atoms with van der Waals surface area (Å²) in [6.45, 7) is 1.47. The third-order valence-corrected chi connectivity index (χ3v) is 2.70. The van der Waals surface area contributed by atoms with E-state index in [1.807, 2.05) is 0 Å². The van der Waals surface area contributed by atoms with Gasteiger partial charge >= 0.3 is 0 Å². The number of halogens is 3. The van der Waals surface area contributed by atoms with Crippen LogP contribution < -0.4 is 11.1 Å². The highest BCUT2D eigenvalue weighted by Crippen LogP contribution is 2.19. The topological polar surface area (TPSA) is 55.1 Å². The van der Waals surface area contributed by atoms with Gasteiger partial charge in [-0.2, -0.15) is 0 Å². The van der Waals surface area contributed by atoms with Gasteiger partial charge in [0.05, 0.1) is 5.56 Å². The summed E-state index contributed by atoms with van der Waals surface area (Å²) in [6.07, 6.45) is 0. The van der Waals surface area contributed by atoms with E-state index < -0.39 is 23.4 Å². The van der Waals surface area contributed by atoms with E-state index in [0.29, 0.717) is 0 Å². The molecule has 0 aromatic heterocycles. The van der Waals surface area contributed by atoms with Gasteiger partial charge in [-0.05, 0) is 36.8 Å². The number of aryl methyl sites for hydroxylation is 1. The molecular weight excluding hydrogens is 269 g/mol. The molecule has 104 valence electrons. The van der Waals surface area contributed by atoms with Gasteiger partial charge in [0.25, 0.3) is 5.91 Å². The number of hydrogen-bond acceptors (Lipinski definition) is 2. The molecule has 0 fully saturated rings. The van der Waals surface area contributed by atoms with Crippen molar-refractivity contribution in [3.63, 3.8) is 0 Å². The van der Waals surface area contributed by atoms with Gasteiger partial charge in [0.1, 0.15) is 5.82 Å². The van der Waals surface area contributed by atoms with E-state index in [-0.39, 0.29) is 22.5 Å². The van der Waals surface area contributed by atoms with Gasteiger partial charge in [-0.3, -0.25) is 4.79 Å². The minimum absolute atomic E-state index is 0.0216. The van der Waals surface area contributed by atoms with Crippen LogP contribution >= 0.6 is 0 Å². The normalized spacial score (nSPS) is 10.4. The molecule has 0 bridgehead atoms. The van der Waals surface area contributed by atoms with Crippen molar-refractivity contribution in [2.24, 2.45) is 0 Å². The zero-order chi connectivity index (χ0) is 14.9. The average molecular weight is 280 g/mol. The second-order valence-electron chi connectivity index (χ2n) is 4.28. The van der Waals surface area contributed by atoms with Crippen LogP contribution in [0.15, 0.2) is 30.3 Å². The molecule has 6 heteroatoms. The summed E-state index contributed by atoms with van der Waals surface area (Å²) >= 11 is 0. The molecule has 2 rings (SSSR count). The molecule has 0 radical (unpaired) electrons. The number of nitrogens with two attached hydrogens (primary N) is 1. The molecule has 0 aliphatic heterocycles. The monoisotopic (exact) mass is 280 g/mol. The van der Waals surface area contributed by atoms with Crippen molar-refractivity contribution in [1.82, 2.24) is 0 Å². The largest absolute Gasteiger partial charge is 0.399 e. The zero-order valence-electron chi connectivity index (χ0n) is 10.5. The third kappa shape index (κ3) is 2.74. The Bertz CT molecular complexity index is 686. The standard InChI is InChI=1S/C14H11F3N2O/c1-7-4-8(18)5-10(13(7)17)14(20)19-9-2-3-11(15)12(16)6-9/h2-6H,18H2,1H3,(H,19,20). The van der Waals surface area contributed by atoms with Crippen molar-refractivity contribution in [3.8, 4) is 0 Å². The van der Waals surface area contributed by atoms with Crippen molar-refractivity contribution in [3.05, 3.63) is 58.9 Å². The molecule has 3 N–H and O–H groups in total. The maximum absolute atomic E-state index is 13.8. The maximum Gasteiger partial charge on any atom is 0.258 e. The van der Waals surface area contributed by atoms with Crippen LogP contribution in [0.5, 0.6) is 0 Å². The number of hydrogen-bond donors (Lipinski definition) is 2. The molecular formula is C14H11F3N2O. The van der Waals surface area contributed by atoms with E-state index in [4.69, 9.17) is 5.73 Å². The van der Waals surface area contributed by atoms with E-state index in [2.05, 4.69) is 5.32 Å². The van der Waals surface area contributed by atoms with E-state index in [0.717, 1.165) is 12.1 Å². The van der Waals surface area contributed by atoms with Crippen molar-refractivity contribution >= 4 is 17.3 Å². The smallest absolute Gasteiger partial charge is 0.258 e. The molecule has 0 saturated carbocycles. The number of anilines is 2. The first kappa shape index (κ1) is 13.9. The predicted molar refractivity (Wildman–Crippen MR) is 69.9 cm³/mol. The summed E-state index contributed by atoms with van der Waals surface area (Å²) in [4.78, 5) is 11.9. The van der Waals surface area contributed by atoms with E-state index in [9.17, 15) is 18.0 Å².